The van der Waals surface area contributed by atoms with Gasteiger partial charge in [0.25, 0.3) is 5.69 Å². The topological polar surface area (TPSA) is 107 Å². The number of non-ortho nitro benzene ring substituents is 1. The summed E-state index contributed by atoms with van der Waals surface area (Å²) in [4.78, 5) is 36.8. The molecule has 0 saturated carbocycles. The fourth-order valence-corrected chi connectivity index (χ4v) is 3.56. The van der Waals surface area contributed by atoms with Crippen LogP contribution in [-0.2, 0) is 9.59 Å². The third-order valence-electron chi connectivity index (χ3n) is 3.56. The molecule has 0 bridgehead atoms. The molecule has 1 aliphatic heterocycles. The number of anilines is 2. The van der Waals surface area contributed by atoms with Crippen molar-refractivity contribution in [3.05, 3.63) is 58.6 Å². The first-order valence-corrected chi connectivity index (χ1v) is 7.97. The summed E-state index contributed by atoms with van der Waals surface area (Å²) in [5.41, 5.74) is 6.55. The zero-order chi connectivity index (χ0) is 17.3. The molecular weight excluding hydrogens is 330 g/mol. The minimum absolute atomic E-state index is 0.0787. The van der Waals surface area contributed by atoms with E-state index in [4.69, 9.17) is 5.73 Å². The molecule has 1 fully saturated rings. The first-order valence-electron chi connectivity index (χ1n) is 7.09. The largest absolute Gasteiger partial charge is 0.399 e. The Morgan fingerprint density at radius 3 is 2.50 bits per heavy atom. The number of amides is 2. The van der Waals surface area contributed by atoms with Crippen molar-refractivity contribution in [3.63, 3.8) is 0 Å². The summed E-state index contributed by atoms with van der Waals surface area (Å²) in [6.07, 6.45) is 0.0787. The highest BCUT2D eigenvalue weighted by Gasteiger charge is 2.40. The van der Waals surface area contributed by atoms with Gasteiger partial charge in [-0.05, 0) is 30.3 Å². The lowest BCUT2D eigenvalue weighted by Gasteiger charge is -2.14. The Morgan fingerprint density at radius 2 is 1.88 bits per heavy atom. The van der Waals surface area contributed by atoms with Crippen LogP contribution in [0.3, 0.4) is 0 Å². The van der Waals surface area contributed by atoms with Crippen molar-refractivity contribution < 1.29 is 14.5 Å². The van der Waals surface area contributed by atoms with Crippen molar-refractivity contribution in [2.24, 2.45) is 0 Å². The highest BCUT2D eigenvalue weighted by Crippen LogP contribution is 2.34. The predicted molar refractivity (Wildman–Crippen MR) is 90.7 cm³/mol. The lowest BCUT2D eigenvalue weighted by atomic mass is 10.2. The van der Waals surface area contributed by atoms with Crippen LogP contribution in [0.15, 0.2) is 53.4 Å². The Kier molecular flexibility index (Phi) is 4.22. The Labute approximate surface area is 141 Å². The van der Waals surface area contributed by atoms with Crippen molar-refractivity contribution >= 4 is 40.6 Å². The van der Waals surface area contributed by atoms with Gasteiger partial charge in [-0.15, -0.1) is 11.8 Å². The molecule has 24 heavy (non-hydrogen) atoms. The maximum Gasteiger partial charge on any atom is 0.269 e. The molecule has 2 amide bonds. The molecule has 122 valence electrons. The van der Waals surface area contributed by atoms with Gasteiger partial charge in [0.2, 0.25) is 11.8 Å². The summed E-state index contributed by atoms with van der Waals surface area (Å²) < 4.78 is 0. The summed E-state index contributed by atoms with van der Waals surface area (Å²) in [5.74, 6) is -0.656. The van der Waals surface area contributed by atoms with E-state index in [1.807, 2.05) is 6.07 Å². The SMILES string of the molecule is Nc1cccc(SC2CC(=O)N(c3ccc([N+](=O)[O-])cc3)C2=O)c1. The number of rotatable bonds is 4. The summed E-state index contributed by atoms with van der Waals surface area (Å²) >= 11 is 1.28. The van der Waals surface area contributed by atoms with Crippen LogP contribution >= 0.6 is 11.8 Å². The summed E-state index contributed by atoms with van der Waals surface area (Å²) in [6, 6.07) is 12.5. The quantitative estimate of drug-likeness (QED) is 0.396. The molecule has 0 radical (unpaired) electrons. The van der Waals surface area contributed by atoms with Crippen LogP contribution in [-0.4, -0.2) is 22.0 Å². The van der Waals surface area contributed by atoms with Crippen molar-refractivity contribution in [2.75, 3.05) is 10.6 Å². The van der Waals surface area contributed by atoms with Gasteiger partial charge >= 0.3 is 0 Å². The van der Waals surface area contributed by atoms with Crippen molar-refractivity contribution in [1.29, 1.82) is 0 Å². The summed E-state index contributed by atoms with van der Waals surface area (Å²) in [6.45, 7) is 0. The van der Waals surface area contributed by atoms with Gasteiger partial charge in [-0.2, -0.15) is 0 Å². The number of benzene rings is 2. The zero-order valence-corrected chi connectivity index (χ0v) is 13.2. The second-order valence-electron chi connectivity index (χ2n) is 5.22. The number of carbonyl (C=O) groups excluding carboxylic acids is 2. The zero-order valence-electron chi connectivity index (χ0n) is 12.4. The Bertz CT molecular complexity index is 822. The Morgan fingerprint density at radius 1 is 1.17 bits per heavy atom. The molecule has 8 heteroatoms. The van der Waals surface area contributed by atoms with Crippen LogP contribution in [0.5, 0.6) is 0 Å². The van der Waals surface area contributed by atoms with E-state index in [0.29, 0.717) is 11.4 Å². The molecular formula is C16H13N3O4S. The predicted octanol–water partition coefficient (Wildman–Crippen LogP) is 2.60. The first kappa shape index (κ1) is 16.0. The molecule has 1 saturated heterocycles. The molecule has 2 N–H and O–H groups in total. The van der Waals surface area contributed by atoms with Crippen molar-refractivity contribution in [3.8, 4) is 0 Å². The van der Waals surface area contributed by atoms with Crippen LogP contribution in [0.1, 0.15) is 6.42 Å². The van der Waals surface area contributed by atoms with Gasteiger partial charge in [-0.25, -0.2) is 4.90 Å². The van der Waals surface area contributed by atoms with E-state index in [1.165, 1.54) is 36.0 Å². The van der Waals surface area contributed by atoms with Gasteiger partial charge in [0.05, 0.1) is 15.9 Å². The van der Waals surface area contributed by atoms with E-state index in [1.54, 1.807) is 18.2 Å². The highest BCUT2D eigenvalue weighted by molar-refractivity contribution is 8.00. The Balaban J connectivity index is 1.80. The number of hydrogen-bond acceptors (Lipinski definition) is 6. The van der Waals surface area contributed by atoms with Crippen LogP contribution in [0.2, 0.25) is 0 Å². The number of carbonyl (C=O) groups is 2. The third-order valence-corrected chi connectivity index (χ3v) is 4.74. The monoisotopic (exact) mass is 343 g/mol. The highest BCUT2D eigenvalue weighted by atomic mass is 32.2. The molecule has 0 aliphatic carbocycles. The van der Waals surface area contributed by atoms with Crippen molar-refractivity contribution in [2.45, 2.75) is 16.6 Å². The van der Waals surface area contributed by atoms with Gasteiger partial charge in [0, 0.05) is 29.1 Å². The first-order chi connectivity index (χ1) is 11.5. The lowest BCUT2D eigenvalue weighted by molar-refractivity contribution is -0.384. The molecule has 1 unspecified atom stereocenters. The molecule has 3 rings (SSSR count). The third kappa shape index (κ3) is 3.09. The van der Waals surface area contributed by atoms with Crippen LogP contribution in [0.4, 0.5) is 17.1 Å². The fraction of sp³-hybridized carbons (Fsp3) is 0.125. The number of thioether (sulfide) groups is 1. The molecule has 1 atom stereocenters. The van der Waals surface area contributed by atoms with Crippen molar-refractivity contribution in [1.82, 2.24) is 0 Å². The van der Waals surface area contributed by atoms with E-state index in [9.17, 15) is 19.7 Å². The van der Waals surface area contributed by atoms with E-state index in [2.05, 4.69) is 0 Å². The second-order valence-corrected chi connectivity index (χ2v) is 6.50. The standard InChI is InChI=1S/C16H13N3O4S/c17-10-2-1-3-13(8-10)24-14-9-15(20)18(16(14)21)11-4-6-12(7-5-11)19(22)23/h1-8,14H,9,17H2. The number of imide groups is 1. The minimum atomic E-state index is -0.533. The molecule has 7 nitrogen and oxygen atoms in total. The van der Waals surface area contributed by atoms with Gasteiger partial charge in [0.15, 0.2) is 0 Å². The minimum Gasteiger partial charge on any atom is -0.399 e. The maximum atomic E-state index is 12.5. The number of nitrogen functional groups attached to an aromatic ring is 1. The van der Waals surface area contributed by atoms with Gasteiger partial charge < -0.3 is 5.73 Å². The van der Waals surface area contributed by atoms with E-state index in [0.717, 1.165) is 9.80 Å². The number of nitrogens with zero attached hydrogens (tertiary/aromatic N) is 2. The maximum absolute atomic E-state index is 12.5. The fourth-order valence-electron chi connectivity index (χ4n) is 2.44. The molecule has 0 spiro atoms. The number of hydrogen-bond donors (Lipinski definition) is 1. The van der Waals surface area contributed by atoms with Crippen LogP contribution in [0.25, 0.3) is 0 Å². The molecule has 0 aromatic heterocycles. The van der Waals surface area contributed by atoms with E-state index in [-0.39, 0.29) is 23.9 Å². The Hall–Kier alpha value is -2.87. The van der Waals surface area contributed by atoms with Gasteiger partial charge in [-0.3, -0.25) is 19.7 Å². The van der Waals surface area contributed by atoms with E-state index >= 15 is 0 Å². The lowest BCUT2D eigenvalue weighted by Crippen LogP contribution is -2.31. The molecule has 2 aromatic carbocycles. The molecule has 1 aliphatic rings. The summed E-state index contributed by atoms with van der Waals surface area (Å²) in [7, 11) is 0. The number of nitrogens with two attached hydrogens (primary N) is 1. The molecule has 2 aromatic rings. The second kappa shape index (κ2) is 6.32. The number of nitro benzene ring substituents is 1. The normalized spacial score (nSPS) is 17.3. The van der Waals surface area contributed by atoms with Crippen LogP contribution in [0, 0.1) is 10.1 Å². The van der Waals surface area contributed by atoms with Crippen LogP contribution < -0.4 is 10.6 Å². The van der Waals surface area contributed by atoms with Gasteiger partial charge in [0.1, 0.15) is 0 Å². The van der Waals surface area contributed by atoms with Gasteiger partial charge in [-0.1, -0.05) is 6.07 Å². The average Bonchev–Trinajstić information content (AvgIpc) is 2.81. The van der Waals surface area contributed by atoms with E-state index < -0.39 is 10.2 Å². The molecule has 1 heterocycles. The smallest absolute Gasteiger partial charge is 0.269 e. The number of nitro groups is 1. The average molecular weight is 343 g/mol. The summed E-state index contributed by atoms with van der Waals surface area (Å²) in [5, 5.41) is 10.2.